The normalized spacial score (nSPS) is 35.3. The predicted octanol–water partition coefficient (Wildman–Crippen LogP) is -1.94. The van der Waals surface area contributed by atoms with E-state index in [0.717, 1.165) is 24.3 Å². The third-order valence-corrected chi connectivity index (χ3v) is 7.59. The molecule has 0 radical (unpaired) electrons. The summed E-state index contributed by atoms with van der Waals surface area (Å²) in [6.45, 7) is 0.838. The van der Waals surface area contributed by atoms with E-state index in [1.807, 2.05) is 0 Å². The van der Waals surface area contributed by atoms with E-state index in [0.29, 0.717) is 0 Å². The maximum absolute atomic E-state index is 10.7. The second kappa shape index (κ2) is 12.0. The Morgan fingerprint density at radius 2 is 1.25 bits per heavy atom. The zero-order chi connectivity index (χ0) is 32.2. The van der Waals surface area contributed by atoms with Crippen molar-refractivity contribution < 1.29 is 85.0 Å². The smallest absolute Gasteiger partial charge is 0.228 e. The third kappa shape index (κ3) is 5.60. The number of phenolic OH excluding ortho intramolecular Hbond substituents is 6. The lowest BCUT2D eigenvalue weighted by Crippen LogP contribution is -2.61. The molecule has 1 unspecified atom stereocenters. The molecule has 2 saturated heterocycles. The molecule has 2 aromatic carbocycles. The van der Waals surface area contributed by atoms with Crippen LogP contribution in [0.3, 0.4) is 0 Å². The largest absolute Gasteiger partial charge is 0.504 e. The first-order valence-electron chi connectivity index (χ1n) is 13.3. The van der Waals surface area contributed by atoms with E-state index in [9.17, 15) is 61.3 Å². The standard InChI is InChI=1S/C27H32O17/c1-7-16(31)21(36)23(38)26(41-7)40-6-15-20(35)22(37)24(39)27(44-15)43-14-4-9-13(5-12(30)19(34)17(9)32)42-25(14)8-2-10(28)18(33)11(29)3-8/h2-5,7,15-16,20-39H,6H2,1H3/t7-,15-,16+,20-,21+,22+,23-,24-,25?,26-,27-/m1/s1. The summed E-state index contributed by atoms with van der Waals surface area (Å²) < 4.78 is 28.1. The van der Waals surface area contributed by atoms with E-state index in [1.54, 1.807) is 0 Å². The van der Waals surface area contributed by atoms with Crippen molar-refractivity contribution in [2.75, 3.05) is 6.61 Å². The average Bonchev–Trinajstić information content (AvgIpc) is 2.99. The Balaban J connectivity index is 1.43. The van der Waals surface area contributed by atoms with Gasteiger partial charge < -0.3 is 85.0 Å². The molecule has 0 aromatic heterocycles. The summed E-state index contributed by atoms with van der Waals surface area (Å²) in [7, 11) is 0. The van der Waals surface area contributed by atoms with Gasteiger partial charge in [-0.2, -0.15) is 0 Å². The van der Waals surface area contributed by atoms with Crippen LogP contribution < -0.4 is 4.74 Å². The molecule has 3 aliphatic rings. The highest BCUT2D eigenvalue weighted by molar-refractivity contribution is 5.74. The van der Waals surface area contributed by atoms with Crippen molar-refractivity contribution in [3.63, 3.8) is 0 Å². The fourth-order valence-corrected chi connectivity index (χ4v) is 5.01. The first-order chi connectivity index (χ1) is 20.7. The highest BCUT2D eigenvalue weighted by Crippen LogP contribution is 2.50. The minimum atomic E-state index is -1.92. The molecular formula is C27H32O17. The zero-order valence-electron chi connectivity index (χ0n) is 22.8. The molecule has 0 spiro atoms. The van der Waals surface area contributed by atoms with E-state index in [2.05, 4.69) is 0 Å². The van der Waals surface area contributed by atoms with E-state index in [4.69, 9.17) is 23.7 Å². The fraction of sp³-hybridized carbons (Fsp3) is 0.481. The van der Waals surface area contributed by atoms with Crippen LogP contribution >= 0.6 is 0 Å². The molecule has 11 atom stereocenters. The summed E-state index contributed by atoms with van der Waals surface area (Å²) in [5.74, 6) is -5.33. The number of aromatic hydroxyl groups is 6. The van der Waals surface area contributed by atoms with Crippen molar-refractivity contribution >= 4 is 6.08 Å². The van der Waals surface area contributed by atoms with Gasteiger partial charge in [0.25, 0.3) is 0 Å². The van der Waals surface area contributed by atoms with Crippen LogP contribution in [0.1, 0.15) is 24.2 Å². The van der Waals surface area contributed by atoms with Gasteiger partial charge in [0, 0.05) is 11.6 Å². The number of rotatable bonds is 6. The Kier molecular flexibility index (Phi) is 8.60. The molecule has 242 valence electrons. The number of aliphatic hydroxyl groups is 6. The van der Waals surface area contributed by atoms with Crippen molar-refractivity contribution in [2.24, 2.45) is 0 Å². The number of hydrogen-bond acceptors (Lipinski definition) is 17. The second-order valence-electron chi connectivity index (χ2n) is 10.6. The topological polar surface area (TPSA) is 289 Å². The van der Waals surface area contributed by atoms with Crippen molar-refractivity contribution in [3.05, 3.63) is 35.1 Å². The minimum Gasteiger partial charge on any atom is -0.504 e. The molecule has 2 aromatic rings. The van der Waals surface area contributed by atoms with Crippen LogP contribution in [-0.2, 0) is 18.9 Å². The molecule has 5 rings (SSSR count). The molecular weight excluding hydrogens is 596 g/mol. The summed E-state index contributed by atoms with van der Waals surface area (Å²) in [6, 6.07) is 2.96. The van der Waals surface area contributed by atoms with Gasteiger partial charge in [0.1, 0.15) is 54.2 Å². The molecule has 3 aliphatic heterocycles. The number of aliphatic hydroxyl groups excluding tert-OH is 6. The fourth-order valence-electron chi connectivity index (χ4n) is 5.01. The Morgan fingerprint density at radius 1 is 0.659 bits per heavy atom. The van der Waals surface area contributed by atoms with E-state index >= 15 is 0 Å². The van der Waals surface area contributed by atoms with Crippen molar-refractivity contribution in [2.45, 2.75) is 74.4 Å². The zero-order valence-corrected chi connectivity index (χ0v) is 22.8. The number of benzene rings is 2. The van der Waals surface area contributed by atoms with Gasteiger partial charge in [-0.1, -0.05) is 0 Å². The summed E-state index contributed by atoms with van der Waals surface area (Å²) in [5, 5.41) is 122. The Hall–Kier alpha value is -3.78. The Bertz CT molecular complexity index is 1390. The van der Waals surface area contributed by atoms with Gasteiger partial charge >= 0.3 is 0 Å². The second-order valence-corrected chi connectivity index (χ2v) is 10.6. The SMILES string of the molecule is C[C@H]1O[C@@H](OC[C@H]2O[C@@H](OC3=Cc4c(cc(O)c(O)c4O)OC3c3cc(O)c(O)c(O)c3)[C@H](O)[C@@H](O)[C@@H]2O)[C@H](O)[C@@H](O)[C@H]1O. The summed E-state index contributed by atoms with van der Waals surface area (Å²) in [4.78, 5) is 0. The van der Waals surface area contributed by atoms with Crippen LogP contribution in [0.15, 0.2) is 24.0 Å². The van der Waals surface area contributed by atoms with Gasteiger partial charge in [0.05, 0.1) is 18.3 Å². The number of fused-ring (bicyclic) bond motifs is 1. The molecule has 0 amide bonds. The molecule has 44 heavy (non-hydrogen) atoms. The van der Waals surface area contributed by atoms with Gasteiger partial charge in [-0.15, -0.1) is 0 Å². The molecule has 12 N–H and O–H groups in total. The van der Waals surface area contributed by atoms with E-state index < -0.39 is 109 Å². The monoisotopic (exact) mass is 628 g/mol. The Morgan fingerprint density at radius 3 is 1.91 bits per heavy atom. The van der Waals surface area contributed by atoms with Gasteiger partial charge in [-0.3, -0.25) is 0 Å². The molecule has 0 saturated carbocycles. The maximum Gasteiger partial charge on any atom is 0.228 e. The molecule has 2 fully saturated rings. The maximum atomic E-state index is 10.7. The lowest BCUT2D eigenvalue weighted by molar-refractivity contribution is -0.324. The van der Waals surface area contributed by atoms with E-state index in [-0.39, 0.29) is 22.6 Å². The number of phenols is 6. The molecule has 17 heteroatoms. The number of hydrogen-bond donors (Lipinski definition) is 12. The Labute approximate surface area is 247 Å². The van der Waals surface area contributed by atoms with Crippen molar-refractivity contribution in [3.8, 4) is 40.2 Å². The van der Waals surface area contributed by atoms with Crippen molar-refractivity contribution in [1.29, 1.82) is 0 Å². The van der Waals surface area contributed by atoms with Crippen LogP contribution in [0.2, 0.25) is 0 Å². The molecule has 0 aliphatic carbocycles. The average molecular weight is 629 g/mol. The summed E-state index contributed by atoms with van der Waals surface area (Å²) in [6.07, 6.45) is -16.2. The first-order valence-corrected chi connectivity index (χ1v) is 13.3. The minimum absolute atomic E-state index is 0.0502. The van der Waals surface area contributed by atoms with Gasteiger partial charge in [-0.05, 0) is 25.1 Å². The van der Waals surface area contributed by atoms with E-state index in [1.165, 1.54) is 6.92 Å². The van der Waals surface area contributed by atoms with Gasteiger partial charge in [0.2, 0.25) is 12.0 Å². The van der Waals surface area contributed by atoms with Crippen LogP contribution in [0.4, 0.5) is 0 Å². The quantitative estimate of drug-likeness (QED) is 0.155. The van der Waals surface area contributed by atoms with Crippen LogP contribution in [0.25, 0.3) is 6.08 Å². The first kappa shape index (κ1) is 31.6. The highest BCUT2D eigenvalue weighted by Gasteiger charge is 2.48. The van der Waals surface area contributed by atoms with Gasteiger partial charge in [-0.25, -0.2) is 0 Å². The van der Waals surface area contributed by atoms with Crippen LogP contribution in [-0.4, -0.2) is 129 Å². The molecule has 17 nitrogen and oxygen atoms in total. The van der Waals surface area contributed by atoms with Gasteiger partial charge in [0.15, 0.2) is 41.1 Å². The molecule has 0 bridgehead atoms. The third-order valence-electron chi connectivity index (χ3n) is 7.59. The highest BCUT2D eigenvalue weighted by atomic mass is 16.7. The number of ether oxygens (including phenoxy) is 5. The molecule has 3 heterocycles. The van der Waals surface area contributed by atoms with Crippen molar-refractivity contribution in [1.82, 2.24) is 0 Å². The van der Waals surface area contributed by atoms with Crippen LogP contribution in [0.5, 0.6) is 40.2 Å². The van der Waals surface area contributed by atoms with Crippen LogP contribution in [0, 0.1) is 0 Å². The lowest BCUT2D eigenvalue weighted by Gasteiger charge is -2.43. The predicted molar refractivity (Wildman–Crippen MR) is 140 cm³/mol. The summed E-state index contributed by atoms with van der Waals surface area (Å²) in [5.41, 5.74) is -0.256. The lowest BCUT2D eigenvalue weighted by atomic mass is 9.98. The summed E-state index contributed by atoms with van der Waals surface area (Å²) >= 11 is 0.